The van der Waals surface area contributed by atoms with E-state index >= 15 is 0 Å². The van der Waals surface area contributed by atoms with Crippen molar-refractivity contribution in [3.8, 4) is 0 Å². The van der Waals surface area contributed by atoms with Crippen molar-refractivity contribution in [1.82, 2.24) is 4.90 Å². The van der Waals surface area contributed by atoms with Crippen LogP contribution in [0.4, 0.5) is 0 Å². The van der Waals surface area contributed by atoms with Crippen LogP contribution < -0.4 is 5.73 Å². The molecule has 0 spiro atoms. The van der Waals surface area contributed by atoms with Crippen LogP contribution in [0.3, 0.4) is 0 Å². The first kappa shape index (κ1) is 14.6. The van der Waals surface area contributed by atoms with Crippen molar-refractivity contribution < 1.29 is 4.79 Å². The fourth-order valence-corrected chi connectivity index (χ4v) is 3.36. The van der Waals surface area contributed by atoms with Gasteiger partial charge in [0.25, 0.3) is 5.91 Å². The highest BCUT2D eigenvalue weighted by Crippen LogP contribution is 2.30. The van der Waals surface area contributed by atoms with Crippen molar-refractivity contribution >= 4 is 29.1 Å². The van der Waals surface area contributed by atoms with Gasteiger partial charge in [0.1, 0.15) is 0 Å². The van der Waals surface area contributed by atoms with Crippen molar-refractivity contribution in [1.29, 1.82) is 0 Å². The molecular formula is C14H18Cl2N2O. The predicted molar refractivity (Wildman–Crippen MR) is 78.7 cm³/mol. The molecule has 2 atom stereocenters. The van der Waals surface area contributed by atoms with E-state index in [4.69, 9.17) is 28.9 Å². The zero-order valence-corrected chi connectivity index (χ0v) is 12.4. The summed E-state index contributed by atoms with van der Waals surface area (Å²) < 4.78 is 0. The Kier molecular flexibility index (Phi) is 4.71. The summed E-state index contributed by atoms with van der Waals surface area (Å²) in [5, 5.41) is 0.956. The summed E-state index contributed by atoms with van der Waals surface area (Å²) in [6.07, 6.45) is 3.23. The highest BCUT2D eigenvalue weighted by Gasteiger charge is 2.32. The molecule has 3 nitrogen and oxygen atoms in total. The monoisotopic (exact) mass is 300 g/mol. The minimum atomic E-state index is -0.0465. The molecule has 5 heteroatoms. The van der Waals surface area contributed by atoms with Crippen LogP contribution in [-0.2, 0) is 0 Å². The maximum atomic E-state index is 12.5. The highest BCUT2D eigenvalue weighted by atomic mass is 35.5. The van der Waals surface area contributed by atoms with Crippen LogP contribution in [0.5, 0.6) is 0 Å². The predicted octanol–water partition coefficient (Wildman–Crippen LogP) is 3.19. The molecule has 1 aliphatic rings. The average Bonchev–Trinajstić information content (AvgIpc) is 2.84. The first-order chi connectivity index (χ1) is 9.02. The number of benzene rings is 1. The molecule has 19 heavy (non-hydrogen) atoms. The molecular weight excluding hydrogens is 283 g/mol. The molecule has 0 aliphatic heterocycles. The molecule has 104 valence electrons. The Balaban J connectivity index is 2.18. The van der Waals surface area contributed by atoms with E-state index in [9.17, 15) is 4.79 Å². The van der Waals surface area contributed by atoms with Gasteiger partial charge in [-0.25, -0.2) is 0 Å². The Bertz CT molecular complexity index is 458. The first-order valence-electron chi connectivity index (χ1n) is 6.46. The molecule has 1 amide bonds. The first-order valence-corrected chi connectivity index (χ1v) is 7.22. The lowest BCUT2D eigenvalue weighted by Gasteiger charge is -2.29. The van der Waals surface area contributed by atoms with Gasteiger partial charge in [0, 0.05) is 28.7 Å². The van der Waals surface area contributed by atoms with Gasteiger partial charge in [-0.05, 0) is 43.5 Å². The van der Waals surface area contributed by atoms with Gasteiger partial charge in [-0.1, -0.05) is 29.6 Å². The van der Waals surface area contributed by atoms with E-state index in [0.29, 0.717) is 28.1 Å². The summed E-state index contributed by atoms with van der Waals surface area (Å²) in [6.45, 7) is 0.624. The third-order valence-electron chi connectivity index (χ3n) is 3.85. The van der Waals surface area contributed by atoms with Gasteiger partial charge in [0.05, 0.1) is 0 Å². The molecule has 0 radical (unpaired) electrons. The summed E-state index contributed by atoms with van der Waals surface area (Å²) in [6, 6.07) is 5.14. The van der Waals surface area contributed by atoms with Crippen LogP contribution in [0.1, 0.15) is 29.6 Å². The van der Waals surface area contributed by atoms with Gasteiger partial charge in [0.2, 0.25) is 0 Å². The third kappa shape index (κ3) is 3.22. The van der Waals surface area contributed by atoms with E-state index in [1.165, 1.54) is 0 Å². The molecule has 0 heterocycles. The van der Waals surface area contributed by atoms with Crippen LogP contribution in [0.25, 0.3) is 0 Å². The summed E-state index contributed by atoms with van der Waals surface area (Å²) in [5.74, 6) is 0.346. The number of carbonyl (C=O) groups excluding carboxylic acids is 1. The van der Waals surface area contributed by atoms with Gasteiger partial charge >= 0.3 is 0 Å². The topological polar surface area (TPSA) is 46.3 Å². The second-order valence-corrected chi connectivity index (χ2v) is 5.94. The molecule has 1 aromatic carbocycles. The Labute approximate surface area is 123 Å². The van der Waals surface area contributed by atoms with E-state index in [-0.39, 0.29) is 11.9 Å². The lowest BCUT2D eigenvalue weighted by Crippen LogP contribution is -2.41. The highest BCUT2D eigenvalue weighted by molar-refractivity contribution is 6.35. The zero-order valence-electron chi connectivity index (χ0n) is 10.9. The minimum Gasteiger partial charge on any atom is -0.338 e. The van der Waals surface area contributed by atoms with Crippen molar-refractivity contribution in [3.63, 3.8) is 0 Å². The zero-order chi connectivity index (χ0) is 14.0. The molecule has 1 aromatic rings. The van der Waals surface area contributed by atoms with E-state index in [2.05, 4.69) is 0 Å². The standard InChI is InChI=1S/C14H18Cl2N2O/c1-18(13-4-2-3-9(13)8-17)14(19)10-5-11(15)7-12(16)6-10/h5-7,9,13H,2-4,8,17H2,1H3. The van der Waals surface area contributed by atoms with E-state index < -0.39 is 0 Å². The molecule has 0 aromatic heterocycles. The number of nitrogens with zero attached hydrogens (tertiary/aromatic N) is 1. The number of halogens is 2. The van der Waals surface area contributed by atoms with Crippen molar-refractivity contribution in [2.75, 3.05) is 13.6 Å². The number of hydrogen-bond acceptors (Lipinski definition) is 2. The van der Waals surface area contributed by atoms with Gasteiger partial charge in [-0.3, -0.25) is 4.79 Å². The molecule has 0 bridgehead atoms. The summed E-state index contributed by atoms with van der Waals surface area (Å²) in [7, 11) is 1.83. The second-order valence-electron chi connectivity index (χ2n) is 5.07. The van der Waals surface area contributed by atoms with E-state index in [1.807, 2.05) is 7.05 Å². The van der Waals surface area contributed by atoms with Gasteiger partial charge in [-0.2, -0.15) is 0 Å². The smallest absolute Gasteiger partial charge is 0.253 e. The van der Waals surface area contributed by atoms with E-state index in [0.717, 1.165) is 19.3 Å². The fourth-order valence-electron chi connectivity index (χ4n) is 2.83. The maximum absolute atomic E-state index is 12.5. The van der Waals surface area contributed by atoms with Crippen molar-refractivity contribution in [2.45, 2.75) is 25.3 Å². The Morgan fingerprint density at radius 1 is 1.32 bits per heavy atom. The molecule has 1 aliphatic carbocycles. The van der Waals surface area contributed by atoms with Crippen molar-refractivity contribution in [2.24, 2.45) is 11.7 Å². The fraction of sp³-hybridized carbons (Fsp3) is 0.500. The normalized spacial score (nSPS) is 22.5. The lowest BCUT2D eigenvalue weighted by molar-refractivity contribution is 0.0700. The van der Waals surface area contributed by atoms with Gasteiger partial charge in [-0.15, -0.1) is 0 Å². The summed E-state index contributed by atoms with van der Waals surface area (Å²) >= 11 is 11.9. The van der Waals surface area contributed by atoms with Crippen molar-refractivity contribution in [3.05, 3.63) is 33.8 Å². The molecule has 2 unspecified atom stereocenters. The van der Waals surface area contributed by atoms with Crippen LogP contribution in [0, 0.1) is 5.92 Å². The SMILES string of the molecule is CN(C(=O)c1cc(Cl)cc(Cl)c1)C1CCCC1CN. The van der Waals surface area contributed by atoms with Gasteiger partial charge < -0.3 is 10.6 Å². The number of nitrogens with two attached hydrogens (primary N) is 1. The average molecular weight is 301 g/mol. The summed E-state index contributed by atoms with van der Waals surface area (Å²) in [4.78, 5) is 14.2. The van der Waals surface area contributed by atoms with Gasteiger partial charge in [0.15, 0.2) is 0 Å². The van der Waals surface area contributed by atoms with Crippen LogP contribution in [-0.4, -0.2) is 30.4 Å². The minimum absolute atomic E-state index is 0.0465. The maximum Gasteiger partial charge on any atom is 0.253 e. The Hall–Kier alpha value is -0.770. The number of amides is 1. The molecule has 1 saturated carbocycles. The number of rotatable bonds is 3. The van der Waals surface area contributed by atoms with Crippen LogP contribution >= 0.6 is 23.2 Å². The number of hydrogen-bond donors (Lipinski definition) is 1. The molecule has 2 rings (SSSR count). The quantitative estimate of drug-likeness (QED) is 0.932. The lowest BCUT2D eigenvalue weighted by atomic mass is 10.0. The molecule has 1 fully saturated rings. The molecule has 2 N–H and O–H groups in total. The second kappa shape index (κ2) is 6.12. The van der Waals surface area contributed by atoms with E-state index in [1.54, 1.807) is 23.1 Å². The van der Waals surface area contributed by atoms with Crippen LogP contribution in [0.15, 0.2) is 18.2 Å². The van der Waals surface area contributed by atoms with Crippen LogP contribution in [0.2, 0.25) is 10.0 Å². The Morgan fingerprint density at radius 2 is 1.95 bits per heavy atom. The summed E-state index contributed by atoms with van der Waals surface area (Å²) in [5.41, 5.74) is 6.30. The molecule has 0 saturated heterocycles. The third-order valence-corrected chi connectivity index (χ3v) is 4.29. The largest absolute Gasteiger partial charge is 0.338 e. The number of carbonyl (C=O) groups is 1. The Morgan fingerprint density at radius 3 is 2.53 bits per heavy atom.